The van der Waals surface area contributed by atoms with Gasteiger partial charge in [0, 0.05) is 23.4 Å². The van der Waals surface area contributed by atoms with Crippen molar-refractivity contribution >= 4 is 41.7 Å². The van der Waals surface area contributed by atoms with Crippen LogP contribution in [0.15, 0.2) is 29.3 Å². The molecule has 0 saturated carbocycles. The Kier molecular flexibility index (Phi) is 10.8. The topological polar surface area (TPSA) is 48.9 Å². The number of likely N-dealkylation sites (N-methyl/N-ethyl adjacent to an activating group) is 1. The van der Waals surface area contributed by atoms with Crippen LogP contribution in [0.4, 0.5) is 0 Å². The number of halogens is 1. The molecule has 5 nitrogen and oxygen atoms in total. The standard InChI is InChI=1S/C20H34N4OS.HI/c1-6-21-19(23-15-20(2)12-9-13-26-20)22-14-17(24(3)4)16-10-7-8-11-18(16)25-5;/h7-8,10-11,17H,6,9,12-15H2,1-5H3,(H2,21,22,23);1H. The van der Waals surface area contributed by atoms with Gasteiger partial charge < -0.3 is 20.3 Å². The van der Waals surface area contributed by atoms with Gasteiger partial charge in [0.15, 0.2) is 5.96 Å². The van der Waals surface area contributed by atoms with E-state index in [-0.39, 0.29) is 34.8 Å². The van der Waals surface area contributed by atoms with Crippen molar-refractivity contribution < 1.29 is 4.74 Å². The van der Waals surface area contributed by atoms with Gasteiger partial charge in [-0.15, -0.1) is 24.0 Å². The molecule has 1 aliphatic rings. The molecule has 0 aliphatic carbocycles. The lowest BCUT2D eigenvalue weighted by molar-refractivity contribution is 0.287. The molecule has 27 heavy (non-hydrogen) atoms. The summed E-state index contributed by atoms with van der Waals surface area (Å²) in [5, 5.41) is 6.90. The summed E-state index contributed by atoms with van der Waals surface area (Å²) >= 11 is 2.05. The first-order valence-electron chi connectivity index (χ1n) is 9.44. The Morgan fingerprint density at radius 2 is 2.07 bits per heavy atom. The predicted molar refractivity (Wildman–Crippen MR) is 129 cm³/mol. The van der Waals surface area contributed by atoms with Gasteiger partial charge in [-0.25, -0.2) is 0 Å². The number of benzene rings is 1. The second kappa shape index (κ2) is 12.0. The van der Waals surface area contributed by atoms with Crippen LogP contribution in [-0.4, -0.2) is 62.2 Å². The second-order valence-corrected chi connectivity index (χ2v) is 8.88. The normalized spacial score (nSPS) is 20.9. The Morgan fingerprint density at radius 3 is 2.67 bits per heavy atom. The van der Waals surface area contributed by atoms with E-state index in [1.54, 1.807) is 7.11 Å². The summed E-state index contributed by atoms with van der Waals surface area (Å²) in [7, 11) is 5.92. The van der Waals surface area contributed by atoms with E-state index in [4.69, 9.17) is 9.73 Å². The van der Waals surface area contributed by atoms with E-state index in [9.17, 15) is 0 Å². The zero-order valence-corrected chi connectivity index (χ0v) is 20.4. The van der Waals surface area contributed by atoms with Crippen LogP contribution in [0.25, 0.3) is 0 Å². The first kappa shape index (κ1) is 24.4. The maximum atomic E-state index is 5.56. The van der Waals surface area contributed by atoms with Crippen LogP contribution in [-0.2, 0) is 0 Å². The van der Waals surface area contributed by atoms with E-state index in [1.807, 2.05) is 23.9 Å². The molecule has 2 atom stereocenters. The quantitative estimate of drug-likeness (QED) is 0.320. The van der Waals surface area contributed by atoms with Crippen LogP contribution in [0.5, 0.6) is 5.75 Å². The Bertz CT molecular complexity index is 591. The highest BCUT2D eigenvalue weighted by atomic mass is 127. The van der Waals surface area contributed by atoms with Gasteiger partial charge in [0.2, 0.25) is 0 Å². The van der Waals surface area contributed by atoms with Gasteiger partial charge in [-0.05, 0) is 52.6 Å². The number of aliphatic imine (C=N–C) groups is 1. The third-order valence-corrected chi connectivity index (χ3v) is 6.32. The summed E-state index contributed by atoms with van der Waals surface area (Å²) in [6, 6.07) is 8.42. The van der Waals surface area contributed by atoms with Gasteiger partial charge in [-0.2, -0.15) is 11.8 Å². The number of methoxy groups -OCH3 is 1. The van der Waals surface area contributed by atoms with Gasteiger partial charge >= 0.3 is 0 Å². The lowest BCUT2D eigenvalue weighted by atomic mass is 10.0. The lowest BCUT2D eigenvalue weighted by Gasteiger charge is -2.27. The Labute approximate surface area is 186 Å². The molecule has 1 saturated heterocycles. The summed E-state index contributed by atoms with van der Waals surface area (Å²) in [5.41, 5.74) is 1.18. The summed E-state index contributed by atoms with van der Waals surface area (Å²) in [6.45, 7) is 6.91. The minimum atomic E-state index is 0. The van der Waals surface area contributed by atoms with Crippen LogP contribution in [0.2, 0.25) is 0 Å². The second-order valence-electron chi connectivity index (χ2n) is 7.20. The van der Waals surface area contributed by atoms with Crippen LogP contribution in [0.3, 0.4) is 0 Å². The number of nitrogens with zero attached hydrogens (tertiary/aromatic N) is 2. The van der Waals surface area contributed by atoms with Crippen molar-refractivity contribution in [3.05, 3.63) is 29.8 Å². The number of hydrogen-bond acceptors (Lipinski definition) is 4. The molecular formula is C20H35IN4OS. The molecule has 0 bridgehead atoms. The molecule has 7 heteroatoms. The minimum Gasteiger partial charge on any atom is -0.496 e. The smallest absolute Gasteiger partial charge is 0.191 e. The molecule has 1 aromatic rings. The number of thioether (sulfide) groups is 1. The number of rotatable bonds is 8. The van der Waals surface area contributed by atoms with Crippen molar-refractivity contribution in [3.63, 3.8) is 0 Å². The van der Waals surface area contributed by atoms with Crippen molar-refractivity contribution in [2.24, 2.45) is 4.99 Å². The molecule has 1 aromatic carbocycles. The van der Waals surface area contributed by atoms with Crippen LogP contribution in [0.1, 0.15) is 38.3 Å². The molecule has 2 rings (SSSR count). The fourth-order valence-corrected chi connectivity index (χ4v) is 4.48. The highest BCUT2D eigenvalue weighted by Gasteiger charge is 2.29. The average Bonchev–Trinajstić information content (AvgIpc) is 3.06. The highest BCUT2D eigenvalue weighted by molar-refractivity contribution is 14.0. The summed E-state index contributed by atoms with van der Waals surface area (Å²) in [4.78, 5) is 7.07. The number of hydrogen-bond donors (Lipinski definition) is 2. The minimum absolute atomic E-state index is 0. The van der Waals surface area contributed by atoms with E-state index in [1.165, 1.54) is 24.2 Å². The van der Waals surface area contributed by atoms with Crippen LogP contribution >= 0.6 is 35.7 Å². The monoisotopic (exact) mass is 506 g/mol. The Hall–Kier alpha value is -0.670. The maximum absolute atomic E-state index is 5.56. The van der Waals surface area contributed by atoms with Crippen molar-refractivity contribution in [2.75, 3.05) is 46.6 Å². The number of para-hydroxylation sites is 1. The Balaban J connectivity index is 0.00000364. The van der Waals surface area contributed by atoms with Gasteiger partial charge in [-0.3, -0.25) is 4.99 Å². The number of guanidine groups is 1. The number of ether oxygens (including phenoxy) is 1. The van der Waals surface area contributed by atoms with E-state index < -0.39 is 0 Å². The fraction of sp³-hybridized carbons (Fsp3) is 0.650. The van der Waals surface area contributed by atoms with Gasteiger partial charge in [0.25, 0.3) is 0 Å². The molecule has 0 amide bonds. The van der Waals surface area contributed by atoms with E-state index >= 15 is 0 Å². The van der Waals surface area contributed by atoms with Crippen molar-refractivity contribution in [3.8, 4) is 5.75 Å². The van der Waals surface area contributed by atoms with E-state index in [2.05, 4.69) is 55.6 Å². The maximum Gasteiger partial charge on any atom is 0.191 e. The predicted octanol–water partition coefficient (Wildman–Crippen LogP) is 3.76. The lowest BCUT2D eigenvalue weighted by Crippen LogP contribution is -2.42. The molecular weight excluding hydrogens is 471 g/mol. The largest absolute Gasteiger partial charge is 0.496 e. The van der Waals surface area contributed by atoms with Crippen LogP contribution in [0, 0.1) is 0 Å². The van der Waals surface area contributed by atoms with Crippen molar-refractivity contribution in [2.45, 2.75) is 37.5 Å². The highest BCUT2D eigenvalue weighted by Crippen LogP contribution is 2.37. The summed E-state index contributed by atoms with van der Waals surface area (Å²) < 4.78 is 5.84. The molecule has 2 N–H and O–H groups in total. The van der Waals surface area contributed by atoms with Crippen molar-refractivity contribution in [1.82, 2.24) is 15.5 Å². The third kappa shape index (κ3) is 7.34. The molecule has 1 fully saturated rings. The molecule has 1 aliphatic heterocycles. The molecule has 0 aromatic heterocycles. The van der Waals surface area contributed by atoms with Crippen LogP contribution < -0.4 is 15.4 Å². The van der Waals surface area contributed by atoms with E-state index in [0.29, 0.717) is 0 Å². The number of nitrogens with one attached hydrogen (secondary N) is 2. The van der Waals surface area contributed by atoms with Gasteiger partial charge in [0.1, 0.15) is 5.75 Å². The summed E-state index contributed by atoms with van der Waals surface area (Å²) in [5.74, 6) is 3.07. The average molecular weight is 506 g/mol. The summed E-state index contributed by atoms with van der Waals surface area (Å²) in [6.07, 6.45) is 2.55. The molecule has 2 unspecified atom stereocenters. The zero-order chi connectivity index (χ0) is 19.0. The third-order valence-electron chi connectivity index (χ3n) is 4.80. The first-order chi connectivity index (χ1) is 12.5. The molecule has 0 spiro atoms. The van der Waals surface area contributed by atoms with Crippen molar-refractivity contribution in [1.29, 1.82) is 0 Å². The molecule has 154 valence electrons. The first-order valence-corrected chi connectivity index (χ1v) is 10.4. The van der Waals surface area contributed by atoms with E-state index in [0.717, 1.165) is 31.3 Å². The zero-order valence-electron chi connectivity index (χ0n) is 17.2. The van der Waals surface area contributed by atoms with Gasteiger partial charge in [-0.1, -0.05) is 18.2 Å². The Morgan fingerprint density at radius 1 is 1.33 bits per heavy atom. The molecule has 1 heterocycles. The SMILES string of the molecule is CCNC(=NCC1(C)CCCS1)NCC(c1ccccc1OC)N(C)C.I. The van der Waals surface area contributed by atoms with Gasteiger partial charge in [0.05, 0.1) is 19.7 Å². The molecule has 0 radical (unpaired) electrons. The fourth-order valence-electron chi connectivity index (χ4n) is 3.26.